The average molecular weight is 200 g/mol. The summed E-state index contributed by atoms with van der Waals surface area (Å²) in [5.41, 5.74) is 0.757. The third kappa shape index (κ3) is 2.95. The van der Waals surface area contributed by atoms with Crippen molar-refractivity contribution in [2.24, 2.45) is 0 Å². The van der Waals surface area contributed by atoms with Crippen LogP contribution in [0.2, 0.25) is 5.02 Å². The van der Waals surface area contributed by atoms with E-state index in [1.165, 1.54) is 0 Å². The summed E-state index contributed by atoms with van der Waals surface area (Å²) in [6.45, 7) is 3.27. The molecule has 0 saturated carbocycles. The fourth-order valence-electron chi connectivity index (χ4n) is 0.801. The monoisotopic (exact) mass is 199 g/mol. The van der Waals surface area contributed by atoms with Crippen LogP contribution in [0.25, 0.3) is 0 Å². The van der Waals surface area contributed by atoms with Crippen LogP contribution in [0, 0.1) is 6.92 Å². The van der Waals surface area contributed by atoms with Gasteiger partial charge in [-0.1, -0.05) is 17.7 Å². The van der Waals surface area contributed by atoms with E-state index in [-0.39, 0.29) is 0 Å². The molecule has 3 nitrogen and oxygen atoms in total. The first-order valence-corrected chi connectivity index (χ1v) is 3.93. The van der Waals surface area contributed by atoms with Crippen LogP contribution in [0.1, 0.15) is 5.56 Å². The van der Waals surface area contributed by atoms with Gasteiger partial charge in [0.25, 0.3) is 0 Å². The summed E-state index contributed by atoms with van der Waals surface area (Å²) in [5, 5.41) is 8.71. The second kappa shape index (κ2) is 4.14. The second-order valence-electron chi connectivity index (χ2n) is 2.45. The largest absolute Gasteiger partial charge is 0.480 e. The van der Waals surface area contributed by atoms with Gasteiger partial charge in [-0.05, 0) is 24.6 Å². The van der Waals surface area contributed by atoms with E-state index in [1.54, 1.807) is 18.2 Å². The number of hydrogen-bond donors (Lipinski definition) is 1. The van der Waals surface area contributed by atoms with Gasteiger partial charge in [-0.2, -0.15) is 0 Å². The van der Waals surface area contributed by atoms with Crippen LogP contribution < -0.4 is 4.74 Å². The standard InChI is InChI=1S/C9H8ClO3/c1-6-2-3-8(7(10)4-6)13-5-9(11)12/h2-4H,1,5H2,(H,11,12). The van der Waals surface area contributed by atoms with Crippen molar-refractivity contribution in [3.05, 3.63) is 35.7 Å². The Balaban J connectivity index is 2.72. The first kappa shape index (κ1) is 9.86. The highest BCUT2D eigenvalue weighted by molar-refractivity contribution is 6.32. The molecule has 0 aromatic heterocycles. The van der Waals surface area contributed by atoms with Gasteiger partial charge < -0.3 is 9.84 Å². The summed E-state index contributed by atoms with van der Waals surface area (Å²) in [6, 6.07) is 4.90. The molecule has 0 atom stereocenters. The van der Waals surface area contributed by atoms with Crippen LogP contribution in [0.4, 0.5) is 0 Å². The number of rotatable bonds is 3. The van der Waals surface area contributed by atoms with Crippen LogP contribution in [0.5, 0.6) is 5.75 Å². The highest BCUT2D eigenvalue weighted by atomic mass is 35.5. The summed E-state index contributed by atoms with van der Waals surface area (Å²) in [6.07, 6.45) is 0. The molecule has 1 aromatic carbocycles. The summed E-state index contributed by atoms with van der Waals surface area (Å²) in [4.78, 5) is 10.2. The van der Waals surface area contributed by atoms with E-state index >= 15 is 0 Å². The van der Waals surface area contributed by atoms with Crippen molar-refractivity contribution < 1.29 is 14.6 Å². The molecule has 0 aliphatic rings. The maximum atomic E-state index is 10.2. The Morgan fingerprint density at radius 3 is 2.85 bits per heavy atom. The molecule has 0 bridgehead atoms. The average Bonchev–Trinajstić information content (AvgIpc) is 2.02. The first-order valence-electron chi connectivity index (χ1n) is 3.55. The molecule has 0 unspecified atom stereocenters. The van der Waals surface area contributed by atoms with E-state index in [0.29, 0.717) is 10.8 Å². The molecular weight excluding hydrogens is 192 g/mol. The maximum Gasteiger partial charge on any atom is 0.341 e. The van der Waals surface area contributed by atoms with Gasteiger partial charge in [-0.3, -0.25) is 0 Å². The van der Waals surface area contributed by atoms with E-state index in [2.05, 4.69) is 6.92 Å². The van der Waals surface area contributed by atoms with Crippen LogP contribution in [-0.2, 0) is 4.79 Å². The summed E-state index contributed by atoms with van der Waals surface area (Å²) >= 11 is 5.76. The van der Waals surface area contributed by atoms with Crippen molar-refractivity contribution >= 4 is 17.6 Å². The zero-order chi connectivity index (χ0) is 9.84. The predicted molar refractivity (Wildman–Crippen MR) is 49.0 cm³/mol. The van der Waals surface area contributed by atoms with E-state index in [9.17, 15) is 4.79 Å². The number of carboxylic acid groups (broad SMARTS) is 1. The molecule has 0 heterocycles. The lowest BCUT2D eigenvalue weighted by atomic mass is 10.2. The zero-order valence-corrected chi connectivity index (χ0v) is 7.54. The molecule has 0 amide bonds. The van der Waals surface area contributed by atoms with Gasteiger partial charge >= 0.3 is 5.97 Å². The topological polar surface area (TPSA) is 46.5 Å². The van der Waals surface area contributed by atoms with Crippen LogP contribution >= 0.6 is 11.6 Å². The molecular formula is C9H8ClO3. The van der Waals surface area contributed by atoms with Crippen molar-refractivity contribution in [1.82, 2.24) is 0 Å². The number of aliphatic carboxylic acids is 1. The molecule has 13 heavy (non-hydrogen) atoms. The number of halogens is 1. The van der Waals surface area contributed by atoms with E-state index < -0.39 is 12.6 Å². The Hall–Kier alpha value is -1.22. The number of ether oxygens (including phenoxy) is 1. The third-order valence-electron chi connectivity index (χ3n) is 1.35. The lowest BCUT2D eigenvalue weighted by Gasteiger charge is -2.05. The Bertz CT molecular complexity index is 323. The molecule has 4 heteroatoms. The Morgan fingerprint density at radius 1 is 1.62 bits per heavy atom. The van der Waals surface area contributed by atoms with Crippen LogP contribution in [0.15, 0.2) is 18.2 Å². The van der Waals surface area contributed by atoms with Crippen LogP contribution in [0.3, 0.4) is 0 Å². The highest BCUT2D eigenvalue weighted by Gasteiger charge is 2.03. The number of carbonyl (C=O) groups is 1. The quantitative estimate of drug-likeness (QED) is 0.810. The minimum atomic E-state index is -1.03. The van der Waals surface area contributed by atoms with E-state index in [1.807, 2.05) is 0 Å². The second-order valence-corrected chi connectivity index (χ2v) is 2.85. The molecule has 0 aliphatic carbocycles. The molecule has 1 rings (SSSR count). The van der Waals surface area contributed by atoms with E-state index in [4.69, 9.17) is 21.4 Å². The number of benzene rings is 1. The molecule has 1 aromatic rings. The van der Waals surface area contributed by atoms with Crippen molar-refractivity contribution in [3.63, 3.8) is 0 Å². The molecule has 69 valence electrons. The SMILES string of the molecule is [CH2]c1ccc(OCC(=O)O)c(Cl)c1. The molecule has 0 fully saturated rings. The minimum absolute atomic E-state index is 0.358. The Labute approximate surface area is 80.9 Å². The van der Waals surface area contributed by atoms with Crippen molar-refractivity contribution in [2.75, 3.05) is 6.61 Å². The molecule has 1 N–H and O–H groups in total. The fraction of sp³-hybridized carbons (Fsp3) is 0.111. The maximum absolute atomic E-state index is 10.2. The summed E-state index contributed by atoms with van der Waals surface area (Å²) < 4.78 is 4.89. The number of carboxylic acids is 1. The van der Waals surface area contributed by atoms with Gasteiger partial charge in [0.1, 0.15) is 5.75 Å². The van der Waals surface area contributed by atoms with Crippen molar-refractivity contribution in [1.29, 1.82) is 0 Å². The lowest BCUT2D eigenvalue weighted by molar-refractivity contribution is -0.139. The van der Waals surface area contributed by atoms with Gasteiger partial charge in [0.2, 0.25) is 0 Å². The van der Waals surface area contributed by atoms with Gasteiger partial charge in [0, 0.05) is 0 Å². The lowest BCUT2D eigenvalue weighted by Crippen LogP contribution is -2.09. The minimum Gasteiger partial charge on any atom is -0.480 e. The molecule has 1 radical (unpaired) electrons. The zero-order valence-electron chi connectivity index (χ0n) is 6.79. The Kier molecular flexibility index (Phi) is 3.14. The highest BCUT2D eigenvalue weighted by Crippen LogP contribution is 2.24. The summed E-state index contributed by atoms with van der Waals surface area (Å²) in [7, 11) is 0. The van der Waals surface area contributed by atoms with Gasteiger partial charge in [-0.25, -0.2) is 4.79 Å². The predicted octanol–water partition coefficient (Wildman–Crippen LogP) is 1.99. The number of hydrogen-bond acceptors (Lipinski definition) is 2. The first-order chi connectivity index (χ1) is 6.09. The fourth-order valence-corrected chi connectivity index (χ4v) is 1.06. The van der Waals surface area contributed by atoms with Crippen molar-refractivity contribution in [2.45, 2.75) is 0 Å². The van der Waals surface area contributed by atoms with Gasteiger partial charge in [0.15, 0.2) is 6.61 Å². The van der Waals surface area contributed by atoms with E-state index in [0.717, 1.165) is 5.56 Å². The summed E-state index contributed by atoms with van der Waals surface area (Å²) in [5.74, 6) is -0.675. The van der Waals surface area contributed by atoms with Crippen LogP contribution in [-0.4, -0.2) is 17.7 Å². The normalized spacial score (nSPS) is 9.69. The molecule has 0 aliphatic heterocycles. The van der Waals surface area contributed by atoms with Crippen molar-refractivity contribution in [3.8, 4) is 5.75 Å². The Morgan fingerprint density at radius 2 is 2.31 bits per heavy atom. The third-order valence-corrected chi connectivity index (χ3v) is 1.64. The molecule has 0 saturated heterocycles. The van der Waals surface area contributed by atoms with Gasteiger partial charge in [-0.15, -0.1) is 0 Å². The van der Waals surface area contributed by atoms with Gasteiger partial charge in [0.05, 0.1) is 5.02 Å². The smallest absolute Gasteiger partial charge is 0.341 e. The molecule has 0 spiro atoms.